The molecule has 3 atom stereocenters. The standard InChI is InChI=1S/C27H32N4O9/c1-27(2,3)40-25(36)29-20(22(33)34)21(32)19-14-31(26(37)39-16-18-12-8-5-9-13-18)23(28-19)30-24(35)38-15-17-10-6-4-7-11-17/h4-13,19-21,32H,14-16H2,1-3H3,(H,29,36)(H,33,34)(H,28,30,35)/t19-,20-,21-/m0/s1. The van der Waals surface area contributed by atoms with Crippen LogP contribution in [0.1, 0.15) is 31.9 Å². The van der Waals surface area contributed by atoms with Crippen molar-refractivity contribution in [1.29, 1.82) is 0 Å². The number of ether oxygens (including phenoxy) is 3. The Labute approximate surface area is 230 Å². The van der Waals surface area contributed by atoms with Gasteiger partial charge in [0, 0.05) is 0 Å². The lowest BCUT2D eigenvalue weighted by Crippen LogP contribution is -2.54. The molecular weight excluding hydrogens is 524 g/mol. The van der Waals surface area contributed by atoms with Crippen LogP contribution in [0.2, 0.25) is 0 Å². The summed E-state index contributed by atoms with van der Waals surface area (Å²) in [4.78, 5) is 54.6. The number of aliphatic imine (C=N–C) groups is 1. The molecule has 3 amide bonds. The topological polar surface area (TPSA) is 176 Å². The smallest absolute Gasteiger partial charge is 0.417 e. The highest BCUT2D eigenvalue weighted by Gasteiger charge is 2.42. The van der Waals surface area contributed by atoms with E-state index in [-0.39, 0.29) is 25.7 Å². The van der Waals surface area contributed by atoms with Gasteiger partial charge in [-0.3, -0.25) is 5.32 Å². The molecule has 0 aliphatic carbocycles. The third kappa shape index (κ3) is 8.98. The van der Waals surface area contributed by atoms with Gasteiger partial charge in [0.15, 0.2) is 6.04 Å². The zero-order chi connectivity index (χ0) is 29.3. The van der Waals surface area contributed by atoms with Gasteiger partial charge in [0.25, 0.3) is 0 Å². The van der Waals surface area contributed by atoms with E-state index in [1.165, 1.54) is 0 Å². The van der Waals surface area contributed by atoms with E-state index in [0.717, 1.165) is 10.5 Å². The Hall–Kier alpha value is -4.65. The number of nitrogens with zero attached hydrogens (tertiary/aromatic N) is 2. The summed E-state index contributed by atoms with van der Waals surface area (Å²) >= 11 is 0. The number of guanidine groups is 1. The molecule has 1 aliphatic heterocycles. The number of aliphatic carboxylic acids is 1. The third-order valence-corrected chi connectivity index (χ3v) is 5.44. The molecule has 0 spiro atoms. The van der Waals surface area contributed by atoms with Crippen molar-refractivity contribution in [3.05, 3.63) is 71.8 Å². The van der Waals surface area contributed by atoms with E-state index < -0.39 is 48.0 Å². The highest BCUT2D eigenvalue weighted by Crippen LogP contribution is 2.18. The maximum absolute atomic E-state index is 12.9. The van der Waals surface area contributed by atoms with E-state index in [2.05, 4.69) is 15.6 Å². The average molecular weight is 557 g/mol. The minimum absolute atomic E-state index is 0.0641. The highest BCUT2D eigenvalue weighted by molar-refractivity contribution is 6.02. The minimum Gasteiger partial charge on any atom is -0.480 e. The Balaban J connectivity index is 1.74. The predicted octanol–water partition coefficient (Wildman–Crippen LogP) is 2.63. The molecule has 0 unspecified atom stereocenters. The van der Waals surface area contributed by atoms with Gasteiger partial charge in [-0.1, -0.05) is 60.7 Å². The number of carboxylic acids is 1. The lowest BCUT2D eigenvalue weighted by atomic mass is 10.0. The number of rotatable bonds is 8. The van der Waals surface area contributed by atoms with E-state index in [9.17, 15) is 29.4 Å². The van der Waals surface area contributed by atoms with Crippen LogP contribution in [0.25, 0.3) is 0 Å². The van der Waals surface area contributed by atoms with Gasteiger partial charge in [0.2, 0.25) is 5.96 Å². The summed E-state index contributed by atoms with van der Waals surface area (Å²) in [6.45, 7) is 4.26. The van der Waals surface area contributed by atoms with Gasteiger partial charge in [-0.05, 0) is 31.9 Å². The second kappa shape index (κ2) is 13.4. The molecule has 0 saturated carbocycles. The molecule has 214 valence electrons. The molecule has 4 N–H and O–H groups in total. The third-order valence-electron chi connectivity index (χ3n) is 5.44. The minimum atomic E-state index is -1.84. The number of aliphatic hydroxyl groups excluding tert-OH is 1. The summed E-state index contributed by atoms with van der Waals surface area (Å²) in [5.41, 5.74) is 0.504. The number of alkyl carbamates (subject to hydrolysis) is 2. The normalized spacial score (nSPS) is 16.2. The molecule has 2 aromatic rings. The van der Waals surface area contributed by atoms with Crippen molar-refractivity contribution in [3.8, 4) is 0 Å². The van der Waals surface area contributed by atoms with E-state index in [0.29, 0.717) is 5.56 Å². The summed E-state index contributed by atoms with van der Waals surface area (Å²) in [5.74, 6) is -1.88. The van der Waals surface area contributed by atoms with Crippen molar-refractivity contribution in [1.82, 2.24) is 15.5 Å². The molecule has 0 saturated heterocycles. The largest absolute Gasteiger partial charge is 0.480 e. The quantitative estimate of drug-likeness (QED) is 0.356. The Morgan fingerprint density at radius 1 is 0.950 bits per heavy atom. The van der Waals surface area contributed by atoms with Crippen LogP contribution >= 0.6 is 0 Å². The van der Waals surface area contributed by atoms with Crippen molar-refractivity contribution in [2.24, 2.45) is 4.99 Å². The lowest BCUT2D eigenvalue weighted by molar-refractivity contribution is -0.142. The molecule has 0 bridgehead atoms. The lowest BCUT2D eigenvalue weighted by Gasteiger charge is -2.26. The van der Waals surface area contributed by atoms with Gasteiger partial charge in [-0.25, -0.2) is 29.1 Å². The summed E-state index contributed by atoms with van der Waals surface area (Å²) in [6, 6.07) is 14.6. The predicted molar refractivity (Wildman–Crippen MR) is 141 cm³/mol. The zero-order valence-corrected chi connectivity index (χ0v) is 22.3. The van der Waals surface area contributed by atoms with E-state index in [1.54, 1.807) is 75.4 Å². The Morgan fingerprint density at radius 3 is 2.02 bits per heavy atom. The monoisotopic (exact) mass is 556 g/mol. The maximum Gasteiger partial charge on any atom is 0.417 e. The first-order valence-electron chi connectivity index (χ1n) is 12.4. The second-order valence-electron chi connectivity index (χ2n) is 9.81. The number of carbonyl (C=O) groups is 4. The van der Waals surface area contributed by atoms with Crippen molar-refractivity contribution >= 4 is 30.2 Å². The van der Waals surface area contributed by atoms with Crippen molar-refractivity contribution in [3.63, 3.8) is 0 Å². The van der Waals surface area contributed by atoms with Gasteiger partial charge in [-0.2, -0.15) is 0 Å². The van der Waals surface area contributed by atoms with Gasteiger partial charge >= 0.3 is 24.2 Å². The van der Waals surface area contributed by atoms with Crippen LogP contribution in [0, 0.1) is 0 Å². The number of carboxylic acid groups (broad SMARTS) is 1. The number of benzene rings is 2. The van der Waals surface area contributed by atoms with Crippen LogP contribution in [0.4, 0.5) is 14.4 Å². The fraction of sp³-hybridized carbons (Fsp3) is 0.370. The van der Waals surface area contributed by atoms with Crippen LogP contribution in [-0.4, -0.2) is 75.7 Å². The zero-order valence-electron chi connectivity index (χ0n) is 22.3. The van der Waals surface area contributed by atoms with Gasteiger partial charge < -0.3 is 29.7 Å². The number of hydrogen-bond donors (Lipinski definition) is 4. The molecule has 0 fully saturated rings. The first kappa shape index (κ1) is 29.9. The first-order chi connectivity index (χ1) is 18.9. The van der Waals surface area contributed by atoms with Gasteiger partial charge in [0.1, 0.15) is 31.0 Å². The van der Waals surface area contributed by atoms with E-state index in [1.807, 2.05) is 6.07 Å². The van der Waals surface area contributed by atoms with Crippen LogP contribution < -0.4 is 10.6 Å². The molecule has 13 nitrogen and oxygen atoms in total. The van der Waals surface area contributed by atoms with Crippen LogP contribution in [-0.2, 0) is 32.2 Å². The van der Waals surface area contributed by atoms with E-state index >= 15 is 0 Å². The Morgan fingerprint density at radius 2 is 1.50 bits per heavy atom. The fourth-order valence-corrected chi connectivity index (χ4v) is 3.58. The van der Waals surface area contributed by atoms with Crippen molar-refractivity contribution in [2.75, 3.05) is 6.54 Å². The summed E-state index contributed by atoms with van der Waals surface area (Å²) in [6.07, 6.45) is -4.73. The van der Waals surface area contributed by atoms with Crippen LogP contribution in [0.3, 0.4) is 0 Å². The molecule has 3 rings (SSSR count). The number of nitrogens with one attached hydrogen (secondary N) is 2. The maximum atomic E-state index is 12.9. The number of hydrogen-bond acceptors (Lipinski definition) is 9. The summed E-state index contributed by atoms with van der Waals surface area (Å²) < 4.78 is 15.6. The number of amides is 3. The molecule has 0 radical (unpaired) electrons. The second-order valence-corrected chi connectivity index (χ2v) is 9.81. The Kier molecular flexibility index (Phi) is 10.0. The van der Waals surface area contributed by atoms with Crippen molar-refractivity contribution < 1.29 is 43.6 Å². The molecular formula is C27H32N4O9. The van der Waals surface area contributed by atoms with E-state index in [4.69, 9.17) is 14.2 Å². The van der Waals surface area contributed by atoms with Gasteiger partial charge in [-0.15, -0.1) is 0 Å². The van der Waals surface area contributed by atoms with Gasteiger partial charge in [0.05, 0.1) is 6.54 Å². The fourth-order valence-electron chi connectivity index (χ4n) is 3.58. The number of aliphatic hydroxyl groups is 1. The SMILES string of the molecule is CC(C)(C)OC(=O)N[C@H](C(=O)O)[C@@H](O)[C@@H]1CN(C(=O)OCc2ccccc2)C(NC(=O)OCc2ccccc2)=N1. The Bertz CT molecular complexity index is 1220. The van der Waals surface area contributed by atoms with Crippen LogP contribution in [0.15, 0.2) is 65.7 Å². The van der Waals surface area contributed by atoms with Crippen LogP contribution in [0.5, 0.6) is 0 Å². The molecule has 13 heteroatoms. The number of carbonyl (C=O) groups excluding carboxylic acids is 3. The summed E-state index contributed by atoms with van der Waals surface area (Å²) in [7, 11) is 0. The average Bonchev–Trinajstić information content (AvgIpc) is 3.32. The molecule has 40 heavy (non-hydrogen) atoms. The summed E-state index contributed by atoms with van der Waals surface area (Å²) in [5, 5.41) is 25.0. The molecule has 1 aliphatic rings. The van der Waals surface area contributed by atoms with Crippen molar-refractivity contribution in [2.45, 2.75) is 57.8 Å². The highest BCUT2D eigenvalue weighted by atomic mass is 16.6. The first-order valence-corrected chi connectivity index (χ1v) is 12.4. The molecule has 0 aromatic heterocycles. The molecule has 1 heterocycles. The molecule has 2 aromatic carbocycles.